The minimum absolute atomic E-state index is 0.0596. The van der Waals surface area contributed by atoms with Crippen LogP contribution in [0.3, 0.4) is 0 Å². The number of carbonyl (C=O) groups excluding carboxylic acids is 1. The Morgan fingerprint density at radius 3 is 2.59 bits per heavy atom. The van der Waals surface area contributed by atoms with Crippen molar-refractivity contribution in [2.75, 3.05) is 13.2 Å². The van der Waals surface area contributed by atoms with Crippen LogP contribution >= 0.6 is 0 Å². The van der Waals surface area contributed by atoms with Crippen molar-refractivity contribution >= 4 is 11.9 Å². The van der Waals surface area contributed by atoms with Crippen LogP contribution in [0.25, 0.3) is 11.1 Å². The second-order valence-electron chi connectivity index (χ2n) is 10.1. The predicted molar refractivity (Wildman–Crippen MR) is 148 cm³/mol. The first-order valence-corrected chi connectivity index (χ1v) is 13.2. The van der Waals surface area contributed by atoms with E-state index in [2.05, 4.69) is 30.3 Å². The fourth-order valence-electron chi connectivity index (χ4n) is 5.41. The molecule has 1 N–H and O–H groups in total. The Hall–Kier alpha value is -4.58. The van der Waals surface area contributed by atoms with Crippen LogP contribution in [0.4, 0.5) is 0 Å². The number of carbonyl (C=O) groups is 2. The van der Waals surface area contributed by atoms with E-state index in [1.807, 2.05) is 65.6 Å². The van der Waals surface area contributed by atoms with Gasteiger partial charge in [0.15, 0.2) is 0 Å². The van der Waals surface area contributed by atoms with E-state index in [1.165, 1.54) is 11.1 Å². The van der Waals surface area contributed by atoms with Crippen molar-refractivity contribution in [2.45, 2.75) is 31.9 Å². The second kappa shape index (κ2) is 10.7. The summed E-state index contributed by atoms with van der Waals surface area (Å²) in [4.78, 5) is 26.0. The number of nitrogens with zero attached hydrogens (tertiary/aromatic N) is 1. The van der Waals surface area contributed by atoms with Crippen LogP contribution in [-0.2, 0) is 24.4 Å². The van der Waals surface area contributed by atoms with E-state index in [0.29, 0.717) is 31.3 Å². The quantitative estimate of drug-likeness (QED) is 0.320. The fourth-order valence-corrected chi connectivity index (χ4v) is 5.41. The zero-order valence-corrected chi connectivity index (χ0v) is 21.5. The van der Waals surface area contributed by atoms with Gasteiger partial charge in [-0.25, -0.2) is 0 Å². The molecule has 0 spiro atoms. The molecule has 4 aromatic carbocycles. The predicted octanol–water partition coefficient (Wildman–Crippen LogP) is 6.08. The molecule has 39 heavy (non-hydrogen) atoms. The molecular weight excluding hydrogens is 490 g/mol. The van der Waals surface area contributed by atoms with Crippen LogP contribution in [-0.4, -0.2) is 35.0 Å². The van der Waals surface area contributed by atoms with Crippen molar-refractivity contribution in [3.05, 3.63) is 119 Å². The van der Waals surface area contributed by atoms with Crippen LogP contribution in [0.2, 0.25) is 0 Å². The Balaban J connectivity index is 1.14. The van der Waals surface area contributed by atoms with Gasteiger partial charge in [-0.1, -0.05) is 54.6 Å². The number of hydrogen-bond acceptors (Lipinski definition) is 4. The molecular formula is C33H29NO5. The topological polar surface area (TPSA) is 76.1 Å². The lowest BCUT2D eigenvalue weighted by molar-refractivity contribution is -0.137. The highest BCUT2D eigenvalue weighted by molar-refractivity contribution is 5.94. The monoisotopic (exact) mass is 519 g/mol. The summed E-state index contributed by atoms with van der Waals surface area (Å²) in [5, 5.41) is 9.11. The first kappa shape index (κ1) is 24.7. The standard InChI is InChI=1S/C33H29NO5/c35-32(36)17-28-21-39-31-18-29(11-12-30(28)31)38-20-22-5-4-8-25(15-22)26-10-9-23-13-14-34(19-27(23)16-26)33(37)24-6-2-1-3-7-24/h1-12,15-16,18,28H,13-14,17,19-21H2,(H,35,36)/t28-/m1/s1. The third kappa shape index (κ3) is 5.36. The Kier molecular flexibility index (Phi) is 6.76. The van der Waals surface area contributed by atoms with Gasteiger partial charge in [0.05, 0.1) is 13.0 Å². The summed E-state index contributed by atoms with van der Waals surface area (Å²) in [6.07, 6.45) is 0.910. The highest BCUT2D eigenvalue weighted by Crippen LogP contribution is 2.38. The maximum Gasteiger partial charge on any atom is 0.304 e. The van der Waals surface area contributed by atoms with E-state index < -0.39 is 5.97 Å². The van der Waals surface area contributed by atoms with Gasteiger partial charge in [0.1, 0.15) is 18.1 Å². The molecule has 2 heterocycles. The number of ether oxygens (including phenoxy) is 2. The van der Waals surface area contributed by atoms with Crippen molar-refractivity contribution in [1.82, 2.24) is 4.90 Å². The molecule has 6 rings (SSSR count). The molecule has 0 radical (unpaired) electrons. The summed E-state index contributed by atoms with van der Waals surface area (Å²) < 4.78 is 11.8. The lowest BCUT2D eigenvalue weighted by atomic mass is 9.94. The number of hydrogen-bond donors (Lipinski definition) is 1. The summed E-state index contributed by atoms with van der Waals surface area (Å²) in [7, 11) is 0. The van der Waals surface area contributed by atoms with E-state index in [9.17, 15) is 9.59 Å². The summed E-state index contributed by atoms with van der Waals surface area (Å²) in [6.45, 7) is 2.11. The molecule has 4 aromatic rings. The number of amides is 1. The zero-order valence-electron chi connectivity index (χ0n) is 21.5. The average Bonchev–Trinajstić information content (AvgIpc) is 3.37. The van der Waals surface area contributed by atoms with Gasteiger partial charge in [0.25, 0.3) is 5.91 Å². The van der Waals surface area contributed by atoms with Crippen LogP contribution < -0.4 is 9.47 Å². The maximum atomic E-state index is 13.0. The molecule has 2 aliphatic rings. The molecule has 1 amide bonds. The minimum Gasteiger partial charge on any atom is -0.492 e. The van der Waals surface area contributed by atoms with Crippen LogP contribution in [0.5, 0.6) is 11.5 Å². The molecule has 196 valence electrons. The van der Waals surface area contributed by atoms with E-state index in [-0.39, 0.29) is 18.2 Å². The molecule has 6 heteroatoms. The van der Waals surface area contributed by atoms with Crippen LogP contribution in [0, 0.1) is 0 Å². The first-order valence-electron chi connectivity index (χ1n) is 13.2. The molecule has 6 nitrogen and oxygen atoms in total. The molecule has 1 atom stereocenters. The van der Waals surface area contributed by atoms with Crippen molar-refractivity contribution < 1.29 is 24.2 Å². The van der Waals surface area contributed by atoms with Crippen molar-refractivity contribution in [2.24, 2.45) is 0 Å². The van der Waals surface area contributed by atoms with E-state index in [4.69, 9.17) is 14.6 Å². The van der Waals surface area contributed by atoms with Gasteiger partial charge in [0.2, 0.25) is 0 Å². The molecule has 2 aliphatic heterocycles. The van der Waals surface area contributed by atoms with E-state index in [1.54, 1.807) is 0 Å². The Morgan fingerprint density at radius 2 is 1.74 bits per heavy atom. The van der Waals surface area contributed by atoms with Gasteiger partial charge in [-0.05, 0) is 64.6 Å². The number of carboxylic acid groups (broad SMARTS) is 1. The number of rotatable bonds is 7. The molecule has 0 saturated carbocycles. The third-order valence-corrected chi connectivity index (χ3v) is 7.48. The lowest BCUT2D eigenvalue weighted by Gasteiger charge is -2.29. The number of carboxylic acids is 1. The molecule has 0 aliphatic carbocycles. The van der Waals surface area contributed by atoms with E-state index >= 15 is 0 Å². The normalized spacial score (nSPS) is 15.7. The SMILES string of the molecule is O=C(O)C[C@@H]1COc2cc(OCc3cccc(-c4ccc5c(c4)CN(C(=O)c4ccccc4)CC5)c3)ccc21. The number of aliphatic carboxylic acids is 1. The van der Waals surface area contributed by atoms with Gasteiger partial charge < -0.3 is 19.5 Å². The van der Waals surface area contributed by atoms with Crippen molar-refractivity contribution in [3.63, 3.8) is 0 Å². The lowest BCUT2D eigenvalue weighted by Crippen LogP contribution is -2.35. The molecule has 0 bridgehead atoms. The molecule has 0 unspecified atom stereocenters. The third-order valence-electron chi connectivity index (χ3n) is 7.48. The van der Waals surface area contributed by atoms with Gasteiger partial charge >= 0.3 is 5.97 Å². The van der Waals surface area contributed by atoms with Crippen molar-refractivity contribution in [3.8, 4) is 22.6 Å². The zero-order chi connectivity index (χ0) is 26.8. The first-order chi connectivity index (χ1) is 19.0. The Bertz CT molecular complexity index is 1530. The second-order valence-corrected chi connectivity index (χ2v) is 10.1. The van der Waals surface area contributed by atoms with Crippen LogP contribution in [0.15, 0.2) is 91.0 Å². The van der Waals surface area contributed by atoms with Gasteiger partial charge in [-0.15, -0.1) is 0 Å². The smallest absolute Gasteiger partial charge is 0.304 e. The minimum atomic E-state index is -0.825. The van der Waals surface area contributed by atoms with E-state index in [0.717, 1.165) is 40.8 Å². The van der Waals surface area contributed by atoms with Crippen LogP contribution in [0.1, 0.15) is 45.0 Å². The summed E-state index contributed by atoms with van der Waals surface area (Å²) >= 11 is 0. The molecule has 0 aromatic heterocycles. The highest BCUT2D eigenvalue weighted by atomic mass is 16.5. The fraction of sp³-hybridized carbons (Fsp3) is 0.212. The largest absolute Gasteiger partial charge is 0.492 e. The summed E-state index contributed by atoms with van der Waals surface area (Å²) in [5.74, 6) is 0.505. The Labute approximate surface area is 227 Å². The number of fused-ring (bicyclic) bond motifs is 2. The molecule has 0 fully saturated rings. The maximum absolute atomic E-state index is 13.0. The summed E-state index contributed by atoms with van der Waals surface area (Å²) in [5.41, 5.74) is 7.36. The highest BCUT2D eigenvalue weighted by Gasteiger charge is 2.27. The Morgan fingerprint density at radius 1 is 0.897 bits per heavy atom. The van der Waals surface area contributed by atoms with Gasteiger partial charge in [-0.3, -0.25) is 9.59 Å². The van der Waals surface area contributed by atoms with Crippen molar-refractivity contribution in [1.29, 1.82) is 0 Å². The van der Waals surface area contributed by atoms with Gasteiger partial charge in [0, 0.05) is 36.2 Å². The summed E-state index contributed by atoms with van der Waals surface area (Å²) in [6, 6.07) is 29.9. The number of benzene rings is 4. The molecule has 0 saturated heterocycles. The average molecular weight is 520 g/mol. The van der Waals surface area contributed by atoms with Gasteiger partial charge in [-0.2, -0.15) is 0 Å².